The van der Waals surface area contributed by atoms with Gasteiger partial charge in [-0.05, 0) is 38.2 Å². The summed E-state index contributed by atoms with van der Waals surface area (Å²) >= 11 is 0. The van der Waals surface area contributed by atoms with E-state index in [1.807, 2.05) is 18.2 Å². The molecule has 0 saturated carbocycles. The second-order valence-corrected chi connectivity index (χ2v) is 6.20. The van der Waals surface area contributed by atoms with E-state index < -0.39 is 6.09 Å². The van der Waals surface area contributed by atoms with E-state index in [1.54, 1.807) is 0 Å². The predicted molar refractivity (Wildman–Crippen MR) is 83.3 cm³/mol. The van der Waals surface area contributed by atoms with E-state index in [0.717, 1.165) is 6.42 Å². The lowest BCUT2D eigenvalue weighted by atomic mass is 9.72. The molecule has 22 heavy (non-hydrogen) atoms. The molecular formula is C18H21NO3. The second-order valence-electron chi connectivity index (χ2n) is 6.20. The molecule has 1 aliphatic carbocycles. The smallest absolute Gasteiger partial charge is 0.416 e. The number of carbonyl (C=O) groups is 2. The highest BCUT2D eigenvalue weighted by Crippen LogP contribution is 2.41. The van der Waals surface area contributed by atoms with Gasteiger partial charge in [-0.2, -0.15) is 0 Å². The van der Waals surface area contributed by atoms with Crippen LogP contribution < -0.4 is 0 Å². The SMILES string of the molecule is CC1=C(C)CC(c2ccccc2)C(C(=O)N2CCOC2=O)C1. The molecule has 4 heteroatoms. The van der Waals surface area contributed by atoms with Gasteiger partial charge in [-0.15, -0.1) is 0 Å². The molecule has 2 atom stereocenters. The normalized spacial score (nSPS) is 25.4. The molecule has 2 aliphatic rings. The lowest BCUT2D eigenvalue weighted by Gasteiger charge is -2.33. The van der Waals surface area contributed by atoms with Gasteiger partial charge in [-0.3, -0.25) is 4.79 Å². The molecule has 0 aromatic heterocycles. The molecule has 1 aliphatic heterocycles. The minimum atomic E-state index is -0.499. The zero-order valence-corrected chi connectivity index (χ0v) is 13.0. The standard InChI is InChI=1S/C18H21NO3/c1-12-10-15(14-6-4-3-5-7-14)16(11-13(12)2)17(20)19-8-9-22-18(19)21/h3-7,15-16H,8-11H2,1-2H3. The zero-order valence-electron chi connectivity index (χ0n) is 13.0. The number of amides is 2. The highest BCUT2D eigenvalue weighted by molar-refractivity contribution is 5.95. The molecule has 0 radical (unpaired) electrons. The number of benzene rings is 1. The van der Waals surface area contributed by atoms with E-state index in [1.165, 1.54) is 21.6 Å². The highest BCUT2D eigenvalue weighted by Gasteiger charge is 2.39. The molecule has 2 unspecified atom stereocenters. The molecule has 1 heterocycles. The Balaban J connectivity index is 1.92. The van der Waals surface area contributed by atoms with Gasteiger partial charge in [0.05, 0.1) is 6.54 Å². The Kier molecular flexibility index (Phi) is 4.01. The van der Waals surface area contributed by atoms with Crippen molar-refractivity contribution < 1.29 is 14.3 Å². The van der Waals surface area contributed by atoms with Crippen molar-refractivity contribution in [3.63, 3.8) is 0 Å². The monoisotopic (exact) mass is 299 g/mol. The maximum Gasteiger partial charge on any atom is 0.416 e. The third-order valence-corrected chi connectivity index (χ3v) is 4.84. The summed E-state index contributed by atoms with van der Waals surface area (Å²) in [5.41, 5.74) is 3.78. The van der Waals surface area contributed by atoms with Gasteiger partial charge >= 0.3 is 6.09 Å². The van der Waals surface area contributed by atoms with Crippen molar-refractivity contribution in [2.45, 2.75) is 32.6 Å². The minimum Gasteiger partial charge on any atom is -0.447 e. The summed E-state index contributed by atoms with van der Waals surface area (Å²) in [7, 11) is 0. The molecular weight excluding hydrogens is 278 g/mol. The van der Waals surface area contributed by atoms with Crippen molar-refractivity contribution in [1.29, 1.82) is 0 Å². The van der Waals surface area contributed by atoms with Gasteiger partial charge in [0.15, 0.2) is 0 Å². The fourth-order valence-electron chi connectivity index (χ4n) is 3.40. The molecule has 1 fully saturated rings. The van der Waals surface area contributed by atoms with Crippen LogP contribution in [0.25, 0.3) is 0 Å². The summed E-state index contributed by atoms with van der Waals surface area (Å²) in [6, 6.07) is 10.1. The van der Waals surface area contributed by atoms with Crippen LogP contribution in [-0.2, 0) is 9.53 Å². The number of ether oxygens (including phenoxy) is 1. The van der Waals surface area contributed by atoms with Crippen LogP contribution in [0.5, 0.6) is 0 Å². The first-order chi connectivity index (χ1) is 10.6. The van der Waals surface area contributed by atoms with Gasteiger partial charge in [0.1, 0.15) is 6.61 Å². The number of hydrogen-bond donors (Lipinski definition) is 0. The maximum atomic E-state index is 12.8. The highest BCUT2D eigenvalue weighted by atomic mass is 16.6. The summed E-state index contributed by atoms with van der Waals surface area (Å²) in [5.74, 6) is -0.147. The number of nitrogens with zero attached hydrogens (tertiary/aromatic N) is 1. The molecule has 3 rings (SSSR count). The van der Waals surface area contributed by atoms with Crippen molar-refractivity contribution >= 4 is 12.0 Å². The van der Waals surface area contributed by atoms with Crippen molar-refractivity contribution in [2.24, 2.45) is 5.92 Å². The Labute approximate surface area is 130 Å². The van der Waals surface area contributed by atoms with Gasteiger partial charge in [0.2, 0.25) is 5.91 Å². The lowest BCUT2D eigenvalue weighted by Crippen LogP contribution is -2.40. The molecule has 1 saturated heterocycles. The number of hydrogen-bond acceptors (Lipinski definition) is 3. The van der Waals surface area contributed by atoms with Crippen molar-refractivity contribution in [2.75, 3.05) is 13.2 Å². The molecule has 0 spiro atoms. The fraction of sp³-hybridized carbons (Fsp3) is 0.444. The Morgan fingerprint density at radius 2 is 1.82 bits per heavy atom. The van der Waals surface area contributed by atoms with E-state index >= 15 is 0 Å². The van der Waals surface area contributed by atoms with E-state index in [4.69, 9.17) is 4.74 Å². The van der Waals surface area contributed by atoms with Crippen LogP contribution in [0.2, 0.25) is 0 Å². The first kappa shape index (κ1) is 14.8. The summed E-state index contributed by atoms with van der Waals surface area (Å²) in [6.45, 7) is 4.90. The number of rotatable bonds is 2. The lowest BCUT2D eigenvalue weighted by molar-refractivity contribution is -0.132. The summed E-state index contributed by atoms with van der Waals surface area (Å²) in [6.07, 6.45) is 1.09. The van der Waals surface area contributed by atoms with Crippen LogP contribution in [0.1, 0.15) is 38.2 Å². The van der Waals surface area contributed by atoms with Gasteiger partial charge in [0.25, 0.3) is 0 Å². The van der Waals surface area contributed by atoms with E-state index in [9.17, 15) is 9.59 Å². The first-order valence-corrected chi connectivity index (χ1v) is 7.76. The Bertz CT molecular complexity index is 620. The van der Waals surface area contributed by atoms with Crippen LogP contribution in [0.15, 0.2) is 41.5 Å². The second kappa shape index (κ2) is 5.95. The topological polar surface area (TPSA) is 46.6 Å². The first-order valence-electron chi connectivity index (χ1n) is 7.76. The largest absolute Gasteiger partial charge is 0.447 e. The molecule has 4 nitrogen and oxygen atoms in total. The zero-order chi connectivity index (χ0) is 15.7. The summed E-state index contributed by atoms with van der Waals surface area (Å²) in [4.78, 5) is 25.8. The van der Waals surface area contributed by atoms with Crippen molar-refractivity contribution in [3.8, 4) is 0 Å². The third kappa shape index (κ3) is 2.65. The van der Waals surface area contributed by atoms with Crippen LogP contribution in [-0.4, -0.2) is 30.1 Å². The molecule has 0 bridgehead atoms. The average Bonchev–Trinajstić information content (AvgIpc) is 2.96. The molecule has 0 N–H and O–H groups in total. The van der Waals surface area contributed by atoms with E-state index in [0.29, 0.717) is 19.6 Å². The molecule has 2 amide bonds. The number of imide groups is 1. The van der Waals surface area contributed by atoms with Crippen molar-refractivity contribution in [1.82, 2.24) is 4.90 Å². The summed E-state index contributed by atoms with van der Waals surface area (Å²) < 4.78 is 4.92. The van der Waals surface area contributed by atoms with Crippen LogP contribution in [0.4, 0.5) is 4.79 Å². The Hall–Kier alpha value is -2.10. The Morgan fingerprint density at radius 3 is 2.45 bits per heavy atom. The molecule has 1 aromatic carbocycles. The van der Waals surface area contributed by atoms with Gasteiger partial charge in [0, 0.05) is 5.92 Å². The number of cyclic esters (lactones) is 1. The predicted octanol–water partition coefficient (Wildman–Crippen LogP) is 3.50. The van der Waals surface area contributed by atoms with Crippen LogP contribution in [0.3, 0.4) is 0 Å². The fourth-order valence-corrected chi connectivity index (χ4v) is 3.40. The number of allylic oxidation sites excluding steroid dienone is 2. The van der Waals surface area contributed by atoms with Crippen LogP contribution in [0, 0.1) is 5.92 Å². The van der Waals surface area contributed by atoms with Gasteiger partial charge in [-0.1, -0.05) is 41.5 Å². The van der Waals surface area contributed by atoms with Gasteiger partial charge < -0.3 is 4.74 Å². The third-order valence-electron chi connectivity index (χ3n) is 4.84. The van der Waals surface area contributed by atoms with Crippen molar-refractivity contribution in [3.05, 3.63) is 47.0 Å². The quantitative estimate of drug-likeness (QED) is 0.785. The minimum absolute atomic E-state index is 0.0943. The maximum absolute atomic E-state index is 12.8. The van der Waals surface area contributed by atoms with E-state index in [-0.39, 0.29) is 17.7 Å². The summed E-state index contributed by atoms with van der Waals surface area (Å²) in [5, 5.41) is 0. The molecule has 1 aromatic rings. The average molecular weight is 299 g/mol. The molecule has 116 valence electrons. The van der Waals surface area contributed by atoms with Crippen LogP contribution >= 0.6 is 0 Å². The Morgan fingerprint density at radius 1 is 1.14 bits per heavy atom. The van der Waals surface area contributed by atoms with E-state index in [2.05, 4.69) is 26.0 Å². The number of carbonyl (C=O) groups excluding carboxylic acids is 2. The van der Waals surface area contributed by atoms with Gasteiger partial charge in [-0.25, -0.2) is 9.69 Å².